The van der Waals surface area contributed by atoms with Gasteiger partial charge in [-0.05, 0) is 18.2 Å². The minimum absolute atomic E-state index is 0.428. The van der Waals surface area contributed by atoms with Crippen LogP contribution in [-0.4, -0.2) is 15.9 Å². The molecule has 0 spiro atoms. The Morgan fingerprint density at radius 1 is 1.21 bits per heavy atom. The van der Waals surface area contributed by atoms with Crippen molar-refractivity contribution in [3.8, 4) is 0 Å². The third-order valence-electron chi connectivity index (χ3n) is 2.76. The largest absolute Gasteiger partial charge is 0.364 e. The predicted molar refractivity (Wildman–Crippen MR) is 75.2 cm³/mol. The quantitative estimate of drug-likeness (QED) is 0.768. The van der Waals surface area contributed by atoms with E-state index < -0.39 is 5.91 Å². The second kappa shape index (κ2) is 4.78. The number of aromatic nitrogens is 2. The van der Waals surface area contributed by atoms with Crippen LogP contribution in [0.1, 0.15) is 10.5 Å². The van der Waals surface area contributed by atoms with Gasteiger partial charge in [0.05, 0.1) is 16.6 Å². The lowest BCUT2D eigenvalue weighted by Gasteiger charge is -2.02. The van der Waals surface area contributed by atoms with Crippen LogP contribution in [0.25, 0.3) is 10.9 Å². The molecule has 0 bridgehead atoms. The van der Waals surface area contributed by atoms with Crippen LogP contribution in [-0.2, 0) is 0 Å². The number of benzene rings is 1. The molecular formula is C14H11N3OS. The van der Waals surface area contributed by atoms with Crippen LogP contribution in [0.15, 0.2) is 58.6 Å². The SMILES string of the molecule is NC(=O)c1[nH]c2cnccc2c1Sc1ccccc1. The summed E-state index contributed by atoms with van der Waals surface area (Å²) in [6.45, 7) is 0. The van der Waals surface area contributed by atoms with Gasteiger partial charge in [-0.25, -0.2) is 0 Å². The molecule has 2 heterocycles. The summed E-state index contributed by atoms with van der Waals surface area (Å²) in [5.41, 5.74) is 6.67. The number of hydrogen-bond donors (Lipinski definition) is 2. The van der Waals surface area contributed by atoms with Crippen LogP contribution in [0.4, 0.5) is 0 Å². The first-order chi connectivity index (χ1) is 9.25. The molecule has 1 aromatic carbocycles. The van der Waals surface area contributed by atoms with E-state index in [2.05, 4.69) is 9.97 Å². The minimum Gasteiger partial charge on any atom is -0.364 e. The number of rotatable bonds is 3. The monoisotopic (exact) mass is 269 g/mol. The number of nitrogens with two attached hydrogens (primary N) is 1. The summed E-state index contributed by atoms with van der Waals surface area (Å²) in [5.74, 6) is -0.463. The highest BCUT2D eigenvalue weighted by Gasteiger charge is 2.16. The predicted octanol–water partition coefficient (Wildman–Crippen LogP) is 2.81. The Balaban J connectivity index is 2.15. The lowest BCUT2D eigenvalue weighted by Crippen LogP contribution is -2.12. The highest BCUT2D eigenvalue weighted by Crippen LogP contribution is 2.36. The van der Waals surface area contributed by atoms with Crippen molar-refractivity contribution in [1.29, 1.82) is 0 Å². The first-order valence-electron chi connectivity index (χ1n) is 5.74. The fourth-order valence-corrected chi connectivity index (χ4v) is 2.97. The third-order valence-corrected chi connectivity index (χ3v) is 3.90. The number of nitrogens with one attached hydrogen (secondary N) is 1. The first kappa shape index (κ1) is 11.8. The van der Waals surface area contributed by atoms with E-state index in [1.165, 1.54) is 11.8 Å². The van der Waals surface area contributed by atoms with Crippen LogP contribution in [0.5, 0.6) is 0 Å². The maximum absolute atomic E-state index is 11.5. The van der Waals surface area contributed by atoms with Crippen molar-refractivity contribution in [1.82, 2.24) is 9.97 Å². The number of fused-ring (bicyclic) bond motifs is 1. The number of hydrogen-bond acceptors (Lipinski definition) is 3. The van der Waals surface area contributed by atoms with Gasteiger partial charge in [0.25, 0.3) is 5.91 Å². The van der Waals surface area contributed by atoms with Crippen molar-refractivity contribution in [3.63, 3.8) is 0 Å². The molecular weight excluding hydrogens is 258 g/mol. The number of nitrogens with zero attached hydrogens (tertiary/aromatic N) is 1. The molecule has 5 heteroatoms. The Labute approximate surface area is 114 Å². The van der Waals surface area contributed by atoms with Crippen molar-refractivity contribution >= 4 is 28.6 Å². The van der Waals surface area contributed by atoms with Gasteiger partial charge in [0, 0.05) is 16.5 Å². The van der Waals surface area contributed by atoms with E-state index in [0.717, 1.165) is 20.7 Å². The molecule has 0 aliphatic carbocycles. The zero-order chi connectivity index (χ0) is 13.2. The maximum atomic E-state index is 11.5. The van der Waals surface area contributed by atoms with Crippen LogP contribution < -0.4 is 5.73 Å². The number of H-pyrrole nitrogens is 1. The van der Waals surface area contributed by atoms with Crippen LogP contribution in [0.3, 0.4) is 0 Å². The molecule has 0 aliphatic heterocycles. The normalized spacial score (nSPS) is 10.7. The topological polar surface area (TPSA) is 71.8 Å². The first-order valence-corrected chi connectivity index (χ1v) is 6.56. The van der Waals surface area contributed by atoms with Gasteiger partial charge in [-0.15, -0.1) is 0 Å². The van der Waals surface area contributed by atoms with Crippen LogP contribution >= 0.6 is 11.8 Å². The fraction of sp³-hybridized carbons (Fsp3) is 0. The number of carbonyl (C=O) groups excluding carboxylic acids is 1. The molecule has 2 aromatic heterocycles. The van der Waals surface area contributed by atoms with Crippen molar-refractivity contribution in [2.45, 2.75) is 9.79 Å². The van der Waals surface area contributed by atoms with E-state index in [9.17, 15) is 4.79 Å². The van der Waals surface area contributed by atoms with E-state index in [1.807, 2.05) is 36.4 Å². The Bertz CT molecular complexity index is 737. The molecule has 3 rings (SSSR count). The fourth-order valence-electron chi connectivity index (χ4n) is 1.90. The number of aromatic amines is 1. The second-order valence-electron chi connectivity index (χ2n) is 4.03. The van der Waals surface area contributed by atoms with Crippen molar-refractivity contribution in [3.05, 3.63) is 54.5 Å². The zero-order valence-corrected chi connectivity index (χ0v) is 10.8. The van der Waals surface area contributed by atoms with E-state index in [-0.39, 0.29) is 0 Å². The van der Waals surface area contributed by atoms with Gasteiger partial charge < -0.3 is 10.7 Å². The number of primary amides is 1. The number of carbonyl (C=O) groups is 1. The molecule has 4 nitrogen and oxygen atoms in total. The molecule has 0 aliphatic rings. The minimum atomic E-state index is -0.463. The Morgan fingerprint density at radius 2 is 2.00 bits per heavy atom. The second-order valence-corrected chi connectivity index (χ2v) is 5.11. The maximum Gasteiger partial charge on any atom is 0.266 e. The summed E-state index contributed by atoms with van der Waals surface area (Å²) in [5, 5.41) is 0.956. The number of pyridine rings is 1. The number of amides is 1. The molecule has 0 saturated heterocycles. The van der Waals surface area contributed by atoms with Gasteiger partial charge >= 0.3 is 0 Å². The molecule has 3 N–H and O–H groups in total. The van der Waals surface area contributed by atoms with Gasteiger partial charge in [0.15, 0.2) is 0 Å². The van der Waals surface area contributed by atoms with Crippen LogP contribution in [0, 0.1) is 0 Å². The average molecular weight is 269 g/mol. The Kier molecular flexibility index (Phi) is 2.97. The summed E-state index contributed by atoms with van der Waals surface area (Å²) in [6.07, 6.45) is 3.40. The molecule has 19 heavy (non-hydrogen) atoms. The van der Waals surface area contributed by atoms with Gasteiger partial charge in [0.1, 0.15) is 5.69 Å². The standard InChI is InChI=1S/C14H11N3OS/c15-14(18)12-13(19-9-4-2-1-3-5-9)10-6-7-16-8-11(10)17-12/h1-8,17H,(H2,15,18). The summed E-state index contributed by atoms with van der Waals surface area (Å²) in [6, 6.07) is 11.7. The van der Waals surface area contributed by atoms with E-state index >= 15 is 0 Å². The van der Waals surface area contributed by atoms with Gasteiger partial charge in [-0.3, -0.25) is 9.78 Å². The summed E-state index contributed by atoms with van der Waals surface area (Å²) in [7, 11) is 0. The lowest BCUT2D eigenvalue weighted by atomic mass is 10.3. The van der Waals surface area contributed by atoms with Gasteiger partial charge in [-0.2, -0.15) is 0 Å². The highest BCUT2D eigenvalue weighted by atomic mass is 32.2. The Morgan fingerprint density at radius 3 is 2.74 bits per heavy atom. The molecule has 0 atom stereocenters. The van der Waals surface area contributed by atoms with E-state index in [4.69, 9.17) is 5.73 Å². The van der Waals surface area contributed by atoms with Crippen molar-refractivity contribution < 1.29 is 4.79 Å². The molecule has 0 fully saturated rings. The van der Waals surface area contributed by atoms with Crippen molar-refractivity contribution in [2.24, 2.45) is 5.73 Å². The Hall–Kier alpha value is -2.27. The summed E-state index contributed by atoms with van der Waals surface area (Å²) < 4.78 is 0. The van der Waals surface area contributed by atoms with E-state index in [1.54, 1.807) is 12.4 Å². The molecule has 94 valence electrons. The highest BCUT2D eigenvalue weighted by molar-refractivity contribution is 7.99. The third kappa shape index (κ3) is 2.20. The van der Waals surface area contributed by atoms with Crippen molar-refractivity contribution in [2.75, 3.05) is 0 Å². The lowest BCUT2D eigenvalue weighted by molar-refractivity contribution is 0.0993. The summed E-state index contributed by atoms with van der Waals surface area (Å²) >= 11 is 1.52. The van der Waals surface area contributed by atoms with Crippen LogP contribution in [0.2, 0.25) is 0 Å². The smallest absolute Gasteiger partial charge is 0.266 e. The van der Waals surface area contributed by atoms with Gasteiger partial charge in [0.2, 0.25) is 0 Å². The zero-order valence-electron chi connectivity index (χ0n) is 9.96. The molecule has 1 amide bonds. The van der Waals surface area contributed by atoms with E-state index in [0.29, 0.717) is 5.69 Å². The molecule has 0 saturated carbocycles. The molecule has 3 aromatic rings. The molecule has 0 unspecified atom stereocenters. The summed E-state index contributed by atoms with van der Waals surface area (Å²) in [4.78, 5) is 20.5. The average Bonchev–Trinajstić information content (AvgIpc) is 2.79. The molecule has 0 radical (unpaired) electrons. The van der Waals surface area contributed by atoms with Gasteiger partial charge in [-0.1, -0.05) is 30.0 Å².